The molecule has 0 saturated heterocycles. The first-order valence-electron chi connectivity index (χ1n) is 8.53. The lowest BCUT2D eigenvalue weighted by Crippen LogP contribution is -2.19. The first-order chi connectivity index (χ1) is 13.5. The molecular weight excluding hydrogens is 410 g/mol. The minimum absolute atomic E-state index is 0.0705. The molecule has 3 aromatic heterocycles. The van der Waals surface area contributed by atoms with Crippen molar-refractivity contribution in [3.8, 4) is 22.0 Å². The zero-order valence-corrected chi connectivity index (χ0v) is 17.7. The molecule has 4 aromatic rings. The molecule has 0 bridgehead atoms. The first kappa shape index (κ1) is 18.7. The highest BCUT2D eigenvalue weighted by molar-refractivity contribution is 7.71. The van der Waals surface area contributed by atoms with Crippen LogP contribution in [0.25, 0.3) is 22.0 Å². The number of H-pyrrole nitrogens is 1. The van der Waals surface area contributed by atoms with Gasteiger partial charge in [0.1, 0.15) is 6.54 Å². The second-order valence-corrected chi connectivity index (χ2v) is 8.51. The van der Waals surface area contributed by atoms with E-state index >= 15 is 0 Å². The van der Waals surface area contributed by atoms with Crippen molar-refractivity contribution in [3.05, 3.63) is 57.0 Å². The van der Waals surface area contributed by atoms with E-state index in [2.05, 4.69) is 52.5 Å². The number of hydrogen-bond donors (Lipinski definition) is 2. The summed E-state index contributed by atoms with van der Waals surface area (Å²) in [5.74, 6) is 0.460. The van der Waals surface area contributed by atoms with Gasteiger partial charge in [-0.2, -0.15) is 5.10 Å². The van der Waals surface area contributed by atoms with Crippen molar-refractivity contribution in [2.24, 2.45) is 0 Å². The van der Waals surface area contributed by atoms with Crippen molar-refractivity contribution < 1.29 is 4.79 Å². The molecule has 3 heterocycles. The van der Waals surface area contributed by atoms with Gasteiger partial charge in [0.25, 0.3) is 0 Å². The van der Waals surface area contributed by atoms with Crippen molar-refractivity contribution >= 4 is 45.9 Å². The summed E-state index contributed by atoms with van der Waals surface area (Å²) >= 11 is 8.23. The minimum atomic E-state index is -0.197. The number of carbonyl (C=O) groups excluding carboxylic acids is 1. The molecule has 2 N–H and O–H groups in total. The number of amides is 1. The Kier molecular flexibility index (Phi) is 5.21. The Morgan fingerprint density at radius 3 is 2.89 bits per heavy atom. The van der Waals surface area contributed by atoms with Gasteiger partial charge in [0, 0.05) is 10.9 Å². The summed E-state index contributed by atoms with van der Waals surface area (Å²) in [7, 11) is 0. The van der Waals surface area contributed by atoms with Crippen molar-refractivity contribution in [1.82, 2.24) is 19.7 Å². The molecule has 0 fully saturated rings. The first-order valence-corrected chi connectivity index (χ1v) is 10.7. The van der Waals surface area contributed by atoms with Crippen LogP contribution < -0.4 is 5.32 Å². The monoisotopic (exact) mass is 427 g/mol. The van der Waals surface area contributed by atoms with E-state index in [-0.39, 0.29) is 12.5 Å². The molecule has 0 atom stereocenters. The Morgan fingerprint density at radius 1 is 1.29 bits per heavy atom. The number of aromatic nitrogens is 4. The molecule has 28 heavy (non-hydrogen) atoms. The van der Waals surface area contributed by atoms with Crippen LogP contribution in [0.3, 0.4) is 0 Å². The van der Waals surface area contributed by atoms with Crippen LogP contribution in [0.1, 0.15) is 11.1 Å². The van der Waals surface area contributed by atoms with Crippen LogP contribution in [-0.4, -0.2) is 25.7 Å². The number of benzene rings is 1. The topological polar surface area (TPSA) is 75.6 Å². The summed E-state index contributed by atoms with van der Waals surface area (Å²) in [6, 6.07) is 10.1. The predicted molar refractivity (Wildman–Crippen MR) is 116 cm³/mol. The fourth-order valence-corrected chi connectivity index (χ4v) is 4.56. The van der Waals surface area contributed by atoms with Crippen molar-refractivity contribution in [2.75, 3.05) is 5.32 Å². The smallest absolute Gasteiger partial charge is 0.246 e. The lowest BCUT2D eigenvalue weighted by molar-refractivity contribution is -0.116. The fourth-order valence-electron chi connectivity index (χ4n) is 2.92. The molecule has 142 valence electrons. The summed E-state index contributed by atoms with van der Waals surface area (Å²) in [6.45, 7) is 4.20. The van der Waals surface area contributed by atoms with Crippen molar-refractivity contribution in [2.45, 2.75) is 20.4 Å². The van der Waals surface area contributed by atoms with Gasteiger partial charge < -0.3 is 5.32 Å². The van der Waals surface area contributed by atoms with E-state index in [1.54, 1.807) is 15.9 Å². The molecule has 0 spiro atoms. The number of anilines is 1. The molecule has 4 rings (SSSR count). The third-order valence-corrected chi connectivity index (χ3v) is 6.15. The molecule has 0 unspecified atom stereocenters. The predicted octanol–water partition coefficient (Wildman–Crippen LogP) is 5.05. The van der Waals surface area contributed by atoms with Crippen LogP contribution in [0, 0.1) is 18.6 Å². The SMILES string of the molecule is Cc1ccc(-c2csc(NC(=O)Cn3c(-c4cccs4)n[nH]c3=S)n2)c(C)c1. The van der Waals surface area contributed by atoms with Gasteiger partial charge in [-0.05, 0) is 43.1 Å². The Bertz CT molecular complexity index is 1190. The number of rotatable bonds is 5. The maximum atomic E-state index is 12.6. The van der Waals surface area contributed by atoms with Crippen molar-refractivity contribution in [3.63, 3.8) is 0 Å². The largest absolute Gasteiger partial charge is 0.300 e. The van der Waals surface area contributed by atoms with Crippen LogP contribution in [-0.2, 0) is 11.3 Å². The van der Waals surface area contributed by atoms with Gasteiger partial charge in [-0.15, -0.1) is 22.7 Å². The number of carbonyl (C=O) groups is 1. The number of thiazole rings is 1. The Hall–Kier alpha value is -2.62. The molecule has 0 radical (unpaired) electrons. The highest BCUT2D eigenvalue weighted by Crippen LogP contribution is 2.28. The summed E-state index contributed by atoms with van der Waals surface area (Å²) in [5, 5.41) is 14.3. The Labute approximate surface area is 174 Å². The van der Waals surface area contributed by atoms with Crippen LogP contribution in [0.15, 0.2) is 41.1 Å². The van der Waals surface area contributed by atoms with Gasteiger partial charge in [0.2, 0.25) is 5.91 Å². The minimum Gasteiger partial charge on any atom is -0.300 e. The highest BCUT2D eigenvalue weighted by Gasteiger charge is 2.15. The van der Waals surface area contributed by atoms with E-state index in [1.165, 1.54) is 16.9 Å². The summed E-state index contributed by atoms with van der Waals surface area (Å²) in [6.07, 6.45) is 0. The molecule has 9 heteroatoms. The zero-order chi connectivity index (χ0) is 19.7. The molecule has 0 aliphatic heterocycles. The number of nitrogens with zero attached hydrogens (tertiary/aromatic N) is 3. The number of aryl methyl sites for hydroxylation is 2. The third-order valence-electron chi connectivity index (χ3n) is 4.21. The van der Waals surface area contributed by atoms with Gasteiger partial charge in [-0.25, -0.2) is 4.98 Å². The number of aromatic amines is 1. The van der Waals surface area contributed by atoms with E-state index in [0.29, 0.717) is 15.7 Å². The molecule has 0 saturated carbocycles. The third kappa shape index (κ3) is 3.82. The van der Waals surface area contributed by atoms with E-state index in [4.69, 9.17) is 12.2 Å². The van der Waals surface area contributed by atoms with Crippen LogP contribution >= 0.6 is 34.9 Å². The van der Waals surface area contributed by atoms with Crippen LogP contribution in [0.5, 0.6) is 0 Å². The van der Waals surface area contributed by atoms with Crippen LogP contribution in [0.4, 0.5) is 5.13 Å². The molecule has 1 aromatic carbocycles. The van der Waals surface area contributed by atoms with E-state index in [9.17, 15) is 4.79 Å². The average molecular weight is 428 g/mol. The quantitative estimate of drug-likeness (QED) is 0.437. The normalized spacial score (nSPS) is 10.9. The molecule has 0 aliphatic rings. The average Bonchev–Trinajstić information content (AvgIpc) is 3.38. The highest BCUT2D eigenvalue weighted by atomic mass is 32.1. The van der Waals surface area contributed by atoms with Crippen molar-refractivity contribution in [1.29, 1.82) is 0 Å². The fraction of sp³-hybridized carbons (Fsp3) is 0.158. The lowest BCUT2D eigenvalue weighted by Gasteiger charge is -2.06. The Morgan fingerprint density at radius 2 is 2.14 bits per heavy atom. The lowest BCUT2D eigenvalue weighted by atomic mass is 10.0. The zero-order valence-electron chi connectivity index (χ0n) is 15.2. The standard InChI is InChI=1S/C19H17N5OS3/c1-11-5-6-13(12(2)8-11)14-10-28-18(20-14)21-16(25)9-24-17(22-23-19(24)26)15-4-3-7-27-15/h3-8,10H,9H2,1-2H3,(H,23,26)(H,20,21,25). The van der Waals surface area contributed by atoms with Gasteiger partial charge in [0.15, 0.2) is 15.7 Å². The summed E-state index contributed by atoms with van der Waals surface area (Å²) in [4.78, 5) is 18.1. The Balaban J connectivity index is 1.51. The number of hydrogen-bond acceptors (Lipinski definition) is 6. The number of thiophene rings is 1. The maximum absolute atomic E-state index is 12.6. The van der Waals surface area contributed by atoms with E-state index in [1.807, 2.05) is 22.9 Å². The van der Waals surface area contributed by atoms with Gasteiger partial charge in [0.05, 0.1) is 10.6 Å². The molecule has 0 aliphatic carbocycles. The summed E-state index contributed by atoms with van der Waals surface area (Å²) < 4.78 is 2.10. The van der Waals surface area contributed by atoms with Gasteiger partial charge in [-0.3, -0.25) is 14.5 Å². The van der Waals surface area contributed by atoms with Crippen LogP contribution in [0.2, 0.25) is 0 Å². The molecular formula is C19H17N5OS3. The summed E-state index contributed by atoms with van der Waals surface area (Å²) in [5.41, 5.74) is 4.30. The maximum Gasteiger partial charge on any atom is 0.246 e. The molecule has 6 nitrogen and oxygen atoms in total. The van der Waals surface area contributed by atoms with E-state index in [0.717, 1.165) is 21.7 Å². The van der Waals surface area contributed by atoms with Gasteiger partial charge >= 0.3 is 0 Å². The second-order valence-electron chi connectivity index (χ2n) is 6.32. The number of nitrogens with one attached hydrogen (secondary N) is 2. The second kappa shape index (κ2) is 7.78. The van der Waals surface area contributed by atoms with E-state index < -0.39 is 0 Å². The molecule has 1 amide bonds. The van der Waals surface area contributed by atoms with Gasteiger partial charge in [-0.1, -0.05) is 29.8 Å².